The minimum atomic E-state index is -0.192. The summed E-state index contributed by atoms with van der Waals surface area (Å²) in [6.07, 6.45) is 0. The molecule has 3 rings (SSSR count). The highest BCUT2D eigenvalue weighted by atomic mass is 16.5. The highest BCUT2D eigenvalue weighted by Crippen LogP contribution is 2.33. The molecular weight excluding hydrogens is 316 g/mol. The number of amides is 1. The van der Waals surface area contributed by atoms with E-state index < -0.39 is 0 Å². The van der Waals surface area contributed by atoms with E-state index in [1.54, 1.807) is 42.3 Å². The van der Waals surface area contributed by atoms with Gasteiger partial charge in [-0.15, -0.1) is 0 Å². The van der Waals surface area contributed by atoms with Crippen LogP contribution in [0.25, 0.3) is 11.3 Å². The topological polar surface area (TPSA) is 68.7 Å². The van der Waals surface area contributed by atoms with Crippen LogP contribution in [0, 0.1) is 0 Å². The number of nitrogens with two attached hydrogens (primary N) is 1. The van der Waals surface area contributed by atoms with Gasteiger partial charge in [0.2, 0.25) is 0 Å². The van der Waals surface area contributed by atoms with Gasteiger partial charge < -0.3 is 19.8 Å². The number of furan rings is 1. The van der Waals surface area contributed by atoms with Crippen molar-refractivity contribution in [1.82, 2.24) is 0 Å². The molecule has 0 bridgehead atoms. The third kappa shape index (κ3) is 3.35. The summed E-state index contributed by atoms with van der Waals surface area (Å²) in [5, 5.41) is 0. The monoisotopic (exact) mass is 336 g/mol. The van der Waals surface area contributed by atoms with Crippen LogP contribution in [0.4, 0.5) is 11.4 Å². The van der Waals surface area contributed by atoms with Crippen LogP contribution in [-0.4, -0.2) is 19.6 Å². The predicted molar refractivity (Wildman–Crippen MR) is 98.9 cm³/mol. The molecular formula is C20H20N2O3. The summed E-state index contributed by atoms with van der Waals surface area (Å²) < 4.78 is 11.2. The van der Waals surface area contributed by atoms with Gasteiger partial charge in [-0.1, -0.05) is 18.2 Å². The molecule has 128 valence electrons. The van der Waals surface area contributed by atoms with Gasteiger partial charge >= 0.3 is 0 Å². The Balaban J connectivity index is 1.93. The van der Waals surface area contributed by atoms with E-state index >= 15 is 0 Å². The van der Waals surface area contributed by atoms with Crippen LogP contribution in [0.15, 0.2) is 65.1 Å². The van der Waals surface area contributed by atoms with Crippen molar-refractivity contribution in [3.8, 4) is 17.1 Å². The largest absolute Gasteiger partial charge is 0.496 e. The van der Waals surface area contributed by atoms with Gasteiger partial charge in [-0.2, -0.15) is 0 Å². The molecule has 0 saturated heterocycles. The molecule has 5 heteroatoms. The Bertz CT molecular complexity index is 872. The lowest BCUT2D eigenvalue weighted by molar-refractivity contribution is 0.0962. The Morgan fingerprint density at radius 2 is 1.88 bits per heavy atom. The number of ether oxygens (including phenoxy) is 1. The van der Waals surface area contributed by atoms with Crippen molar-refractivity contribution >= 4 is 17.3 Å². The van der Waals surface area contributed by atoms with Gasteiger partial charge in [0.15, 0.2) is 5.76 Å². The minimum absolute atomic E-state index is 0.192. The molecule has 0 saturated carbocycles. The number of carbonyl (C=O) groups excluding carboxylic acids is 1. The lowest BCUT2D eigenvalue weighted by atomic mass is 10.1. The summed E-state index contributed by atoms with van der Waals surface area (Å²) in [5.41, 5.74) is 8.00. The second kappa shape index (κ2) is 7.13. The molecule has 0 fully saturated rings. The molecule has 0 aliphatic rings. The summed E-state index contributed by atoms with van der Waals surface area (Å²) in [4.78, 5) is 14.5. The van der Waals surface area contributed by atoms with Gasteiger partial charge in [0.25, 0.3) is 5.91 Å². The van der Waals surface area contributed by atoms with Gasteiger partial charge in [0, 0.05) is 17.9 Å². The fourth-order valence-electron chi connectivity index (χ4n) is 2.70. The predicted octanol–water partition coefficient (Wildman–Crippen LogP) is 4.20. The SMILES string of the molecule is CCN(C(=O)c1ccc(-c2cc(N)ccc2OC)o1)c1ccccc1. The van der Waals surface area contributed by atoms with E-state index in [-0.39, 0.29) is 11.7 Å². The van der Waals surface area contributed by atoms with Crippen molar-refractivity contribution in [3.63, 3.8) is 0 Å². The standard InChI is InChI=1S/C20H20N2O3/c1-3-22(15-7-5-4-6-8-15)20(23)19-12-11-18(25-19)16-13-14(21)9-10-17(16)24-2/h4-13H,3,21H2,1-2H3. The summed E-state index contributed by atoms with van der Waals surface area (Å²) in [7, 11) is 1.58. The third-order valence-corrected chi connectivity index (χ3v) is 3.94. The van der Waals surface area contributed by atoms with E-state index in [1.807, 2.05) is 37.3 Å². The van der Waals surface area contributed by atoms with Crippen LogP contribution >= 0.6 is 0 Å². The normalized spacial score (nSPS) is 10.5. The average Bonchev–Trinajstić information content (AvgIpc) is 3.13. The van der Waals surface area contributed by atoms with Crippen LogP contribution in [0.2, 0.25) is 0 Å². The third-order valence-electron chi connectivity index (χ3n) is 3.94. The first-order valence-corrected chi connectivity index (χ1v) is 8.04. The number of hydrogen-bond donors (Lipinski definition) is 1. The molecule has 25 heavy (non-hydrogen) atoms. The summed E-state index contributed by atoms with van der Waals surface area (Å²) in [6.45, 7) is 2.47. The molecule has 1 aromatic heterocycles. The van der Waals surface area contributed by atoms with Crippen molar-refractivity contribution in [1.29, 1.82) is 0 Å². The Kier molecular flexibility index (Phi) is 4.75. The highest BCUT2D eigenvalue weighted by molar-refractivity contribution is 6.04. The van der Waals surface area contributed by atoms with Crippen molar-refractivity contribution in [2.45, 2.75) is 6.92 Å². The number of nitrogen functional groups attached to an aromatic ring is 1. The van der Waals surface area contributed by atoms with Crippen molar-refractivity contribution in [3.05, 3.63) is 66.4 Å². The van der Waals surface area contributed by atoms with E-state index in [2.05, 4.69) is 0 Å². The van der Waals surface area contributed by atoms with Crippen molar-refractivity contribution in [2.75, 3.05) is 24.3 Å². The average molecular weight is 336 g/mol. The van der Waals surface area contributed by atoms with E-state index in [9.17, 15) is 4.79 Å². The Labute approximate surface area is 146 Å². The van der Waals surface area contributed by atoms with Crippen LogP contribution < -0.4 is 15.4 Å². The molecule has 3 aromatic rings. The molecule has 5 nitrogen and oxygen atoms in total. The molecule has 2 N–H and O–H groups in total. The number of rotatable bonds is 5. The number of nitrogens with zero attached hydrogens (tertiary/aromatic N) is 1. The summed E-state index contributed by atoms with van der Waals surface area (Å²) in [6, 6.07) is 18.2. The Morgan fingerprint density at radius 1 is 1.12 bits per heavy atom. The smallest absolute Gasteiger partial charge is 0.293 e. The van der Waals surface area contributed by atoms with E-state index in [1.165, 1.54) is 0 Å². The maximum Gasteiger partial charge on any atom is 0.293 e. The quantitative estimate of drug-likeness (QED) is 0.709. The zero-order valence-corrected chi connectivity index (χ0v) is 14.2. The Hall–Kier alpha value is -3.21. The molecule has 1 heterocycles. The maximum absolute atomic E-state index is 12.8. The summed E-state index contributed by atoms with van der Waals surface area (Å²) >= 11 is 0. The molecule has 0 spiro atoms. The number of benzene rings is 2. The van der Waals surface area contributed by atoms with Crippen LogP contribution in [0.5, 0.6) is 5.75 Å². The fraction of sp³-hybridized carbons (Fsp3) is 0.150. The molecule has 0 aliphatic carbocycles. The number of para-hydroxylation sites is 1. The number of methoxy groups -OCH3 is 1. The number of hydrogen-bond acceptors (Lipinski definition) is 4. The molecule has 0 unspecified atom stereocenters. The minimum Gasteiger partial charge on any atom is -0.496 e. The molecule has 1 amide bonds. The lowest BCUT2D eigenvalue weighted by Gasteiger charge is -2.19. The first-order chi connectivity index (χ1) is 12.1. The van der Waals surface area contributed by atoms with Gasteiger partial charge in [-0.3, -0.25) is 4.79 Å². The second-order valence-corrected chi connectivity index (χ2v) is 5.51. The highest BCUT2D eigenvalue weighted by Gasteiger charge is 2.20. The molecule has 2 aromatic carbocycles. The van der Waals surface area contributed by atoms with Gasteiger partial charge in [0.05, 0.1) is 12.7 Å². The van der Waals surface area contributed by atoms with Crippen LogP contribution in [-0.2, 0) is 0 Å². The van der Waals surface area contributed by atoms with Crippen LogP contribution in [0.1, 0.15) is 17.5 Å². The van der Waals surface area contributed by atoms with E-state index in [0.717, 1.165) is 5.69 Å². The molecule has 0 aliphatic heterocycles. The van der Waals surface area contributed by atoms with Crippen LogP contribution in [0.3, 0.4) is 0 Å². The number of anilines is 2. The van der Waals surface area contributed by atoms with Crippen molar-refractivity contribution < 1.29 is 13.9 Å². The lowest BCUT2D eigenvalue weighted by Crippen LogP contribution is -2.30. The van der Waals surface area contributed by atoms with Gasteiger partial charge in [-0.05, 0) is 49.4 Å². The van der Waals surface area contributed by atoms with Crippen molar-refractivity contribution in [2.24, 2.45) is 0 Å². The molecule has 0 radical (unpaired) electrons. The van der Waals surface area contributed by atoms with Gasteiger partial charge in [-0.25, -0.2) is 0 Å². The Morgan fingerprint density at radius 3 is 2.56 bits per heavy atom. The zero-order chi connectivity index (χ0) is 17.8. The second-order valence-electron chi connectivity index (χ2n) is 5.51. The maximum atomic E-state index is 12.8. The summed E-state index contributed by atoms with van der Waals surface area (Å²) in [5.74, 6) is 1.25. The number of carbonyl (C=O) groups is 1. The zero-order valence-electron chi connectivity index (χ0n) is 14.2. The van der Waals surface area contributed by atoms with E-state index in [4.69, 9.17) is 14.9 Å². The van der Waals surface area contributed by atoms with Gasteiger partial charge in [0.1, 0.15) is 11.5 Å². The first kappa shape index (κ1) is 16.6. The fourth-order valence-corrected chi connectivity index (χ4v) is 2.70. The first-order valence-electron chi connectivity index (χ1n) is 8.04. The van der Waals surface area contributed by atoms with E-state index in [0.29, 0.717) is 29.3 Å². The molecule has 0 atom stereocenters.